The van der Waals surface area contributed by atoms with Gasteiger partial charge in [0.15, 0.2) is 5.92 Å². The van der Waals surface area contributed by atoms with Crippen molar-refractivity contribution < 1.29 is 19.1 Å². The lowest BCUT2D eigenvalue weighted by atomic mass is 9.97. The third-order valence-corrected chi connectivity index (χ3v) is 4.46. The van der Waals surface area contributed by atoms with E-state index in [1.807, 2.05) is 37.3 Å². The molecular formula is C22H22N2O4. The van der Waals surface area contributed by atoms with Crippen LogP contribution in [0.3, 0.4) is 0 Å². The Balaban J connectivity index is 1.69. The molecule has 0 radical (unpaired) electrons. The third kappa shape index (κ3) is 4.46. The van der Waals surface area contributed by atoms with Crippen LogP contribution in [0.1, 0.15) is 24.0 Å². The smallest absolute Gasteiger partial charge is 0.323 e. The van der Waals surface area contributed by atoms with E-state index in [2.05, 4.69) is 5.32 Å². The predicted octanol–water partition coefficient (Wildman–Crippen LogP) is 2.37. The molecule has 6 heteroatoms. The number of allylic oxidation sites excluding steroid dienone is 1. The van der Waals surface area contributed by atoms with E-state index in [-0.39, 0.29) is 12.5 Å². The van der Waals surface area contributed by atoms with Crippen molar-refractivity contribution >= 4 is 17.8 Å². The molecule has 3 rings (SSSR count). The number of nitrogens with zero attached hydrogens (tertiary/aromatic N) is 1. The zero-order chi connectivity index (χ0) is 19.9. The van der Waals surface area contributed by atoms with E-state index in [0.29, 0.717) is 12.1 Å². The number of β-lactam (4-membered cyclic amide) rings is 1. The molecular weight excluding hydrogens is 356 g/mol. The van der Waals surface area contributed by atoms with Crippen LogP contribution in [-0.4, -0.2) is 35.3 Å². The predicted molar refractivity (Wildman–Crippen MR) is 104 cm³/mol. The monoisotopic (exact) mass is 378 g/mol. The lowest BCUT2D eigenvalue weighted by Crippen LogP contribution is -2.62. The molecule has 1 aliphatic heterocycles. The van der Waals surface area contributed by atoms with Gasteiger partial charge in [-0.1, -0.05) is 66.7 Å². The first-order chi connectivity index (χ1) is 13.6. The molecule has 1 fully saturated rings. The first-order valence-corrected chi connectivity index (χ1v) is 9.09. The molecule has 0 aromatic heterocycles. The summed E-state index contributed by atoms with van der Waals surface area (Å²) in [5, 5.41) is 2.67. The zero-order valence-corrected chi connectivity index (χ0v) is 15.6. The second-order valence-electron chi connectivity index (χ2n) is 6.47. The van der Waals surface area contributed by atoms with Crippen LogP contribution in [-0.2, 0) is 25.7 Å². The van der Waals surface area contributed by atoms with Crippen molar-refractivity contribution in [2.75, 3.05) is 6.54 Å². The molecule has 28 heavy (non-hydrogen) atoms. The molecule has 2 aromatic rings. The Morgan fingerprint density at radius 1 is 1.14 bits per heavy atom. The van der Waals surface area contributed by atoms with Gasteiger partial charge in [0.1, 0.15) is 12.6 Å². The molecule has 144 valence electrons. The molecule has 0 bridgehead atoms. The van der Waals surface area contributed by atoms with Crippen LogP contribution in [0.4, 0.5) is 0 Å². The van der Waals surface area contributed by atoms with E-state index in [0.717, 1.165) is 5.56 Å². The van der Waals surface area contributed by atoms with Gasteiger partial charge in [0.25, 0.3) is 5.91 Å². The molecule has 0 spiro atoms. The van der Waals surface area contributed by atoms with Crippen LogP contribution in [0.5, 0.6) is 0 Å². The van der Waals surface area contributed by atoms with Gasteiger partial charge in [-0.3, -0.25) is 14.4 Å². The Bertz CT molecular complexity index is 865. The number of nitrogens with one attached hydrogen (secondary N) is 1. The third-order valence-electron chi connectivity index (χ3n) is 4.46. The SMILES string of the molecule is CC=CN1CC(NC(=O)C(C(=O)OCc2ccccc2)c2ccccc2)C1=O. The van der Waals surface area contributed by atoms with E-state index in [9.17, 15) is 14.4 Å². The van der Waals surface area contributed by atoms with Gasteiger partial charge < -0.3 is 15.0 Å². The van der Waals surface area contributed by atoms with Gasteiger partial charge in [-0.2, -0.15) is 0 Å². The summed E-state index contributed by atoms with van der Waals surface area (Å²) in [4.78, 5) is 39.1. The number of amides is 2. The number of likely N-dealkylation sites (tertiary alicyclic amines) is 1. The minimum atomic E-state index is -1.13. The fourth-order valence-corrected chi connectivity index (χ4v) is 2.98. The normalized spacial score (nSPS) is 17.1. The summed E-state index contributed by atoms with van der Waals surface area (Å²) in [6.45, 7) is 2.27. The number of ether oxygens (including phenoxy) is 1. The number of hydrogen-bond donors (Lipinski definition) is 1. The van der Waals surface area contributed by atoms with E-state index in [1.54, 1.807) is 42.6 Å². The van der Waals surface area contributed by atoms with Crippen molar-refractivity contribution in [1.29, 1.82) is 0 Å². The molecule has 2 amide bonds. The Morgan fingerprint density at radius 3 is 2.39 bits per heavy atom. The summed E-state index contributed by atoms with van der Waals surface area (Å²) in [6.07, 6.45) is 3.41. The van der Waals surface area contributed by atoms with Gasteiger partial charge in [-0.15, -0.1) is 0 Å². The molecule has 1 heterocycles. The van der Waals surface area contributed by atoms with Crippen LogP contribution < -0.4 is 5.32 Å². The number of rotatable bonds is 7. The summed E-state index contributed by atoms with van der Waals surface area (Å²) in [5.41, 5.74) is 1.36. The molecule has 2 atom stereocenters. The summed E-state index contributed by atoms with van der Waals surface area (Å²) in [7, 11) is 0. The summed E-state index contributed by atoms with van der Waals surface area (Å²) in [6, 6.07) is 17.3. The van der Waals surface area contributed by atoms with E-state index < -0.39 is 23.8 Å². The largest absolute Gasteiger partial charge is 0.460 e. The van der Waals surface area contributed by atoms with Gasteiger partial charge in [0.05, 0.1) is 6.54 Å². The minimum Gasteiger partial charge on any atom is -0.460 e. The highest BCUT2D eigenvalue weighted by molar-refractivity contribution is 6.05. The fraction of sp³-hybridized carbons (Fsp3) is 0.227. The second kappa shape index (κ2) is 8.99. The highest BCUT2D eigenvalue weighted by Gasteiger charge is 2.39. The van der Waals surface area contributed by atoms with Gasteiger partial charge in [0.2, 0.25) is 5.91 Å². The Labute approximate surface area is 163 Å². The Hall–Kier alpha value is -3.41. The van der Waals surface area contributed by atoms with Crippen molar-refractivity contribution in [3.8, 4) is 0 Å². The average Bonchev–Trinajstić information content (AvgIpc) is 2.73. The molecule has 6 nitrogen and oxygen atoms in total. The highest BCUT2D eigenvalue weighted by atomic mass is 16.5. The second-order valence-corrected chi connectivity index (χ2v) is 6.47. The van der Waals surface area contributed by atoms with Crippen molar-refractivity contribution in [3.05, 3.63) is 84.1 Å². The Morgan fingerprint density at radius 2 is 1.79 bits per heavy atom. The zero-order valence-electron chi connectivity index (χ0n) is 15.6. The van der Waals surface area contributed by atoms with Gasteiger partial charge >= 0.3 is 5.97 Å². The number of carbonyl (C=O) groups excluding carboxylic acids is 3. The van der Waals surface area contributed by atoms with Crippen molar-refractivity contribution in [1.82, 2.24) is 10.2 Å². The maximum absolute atomic E-state index is 12.8. The van der Waals surface area contributed by atoms with Crippen molar-refractivity contribution in [3.63, 3.8) is 0 Å². The molecule has 1 saturated heterocycles. The van der Waals surface area contributed by atoms with Crippen LogP contribution in [0.15, 0.2) is 72.9 Å². The van der Waals surface area contributed by atoms with E-state index in [1.165, 1.54) is 4.90 Å². The quantitative estimate of drug-likeness (QED) is 0.456. The summed E-state index contributed by atoms with van der Waals surface area (Å²) < 4.78 is 5.38. The highest BCUT2D eigenvalue weighted by Crippen LogP contribution is 2.20. The Kier molecular flexibility index (Phi) is 6.22. The average molecular weight is 378 g/mol. The molecule has 2 unspecified atom stereocenters. The maximum atomic E-state index is 12.8. The van der Waals surface area contributed by atoms with Crippen LogP contribution in [0.25, 0.3) is 0 Å². The molecule has 0 aliphatic carbocycles. The van der Waals surface area contributed by atoms with E-state index >= 15 is 0 Å². The molecule has 0 saturated carbocycles. The molecule has 1 aliphatic rings. The first-order valence-electron chi connectivity index (χ1n) is 9.09. The number of carbonyl (C=O) groups is 3. The lowest BCUT2D eigenvalue weighted by Gasteiger charge is -2.36. The van der Waals surface area contributed by atoms with E-state index in [4.69, 9.17) is 4.74 Å². The van der Waals surface area contributed by atoms with Gasteiger partial charge in [-0.05, 0) is 18.1 Å². The molecule has 1 N–H and O–H groups in total. The maximum Gasteiger partial charge on any atom is 0.323 e. The topological polar surface area (TPSA) is 75.7 Å². The standard InChI is InChI=1S/C22H22N2O4/c1-2-13-24-14-18(21(24)26)23-20(25)19(17-11-7-4-8-12-17)22(27)28-15-16-9-5-3-6-10-16/h2-13,18-19H,14-15H2,1H3,(H,23,25). The lowest BCUT2D eigenvalue weighted by molar-refractivity contribution is -0.152. The number of esters is 1. The van der Waals surface area contributed by atoms with Crippen molar-refractivity contribution in [2.24, 2.45) is 0 Å². The van der Waals surface area contributed by atoms with Gasteiger partial charge in [-0.25, -0.2) is 0 Å². The molecule has 2 aromatic carbocycles. The minimum absolute atomic E-state index is 0.0771. The van der Waals surface area contributed by atoms with Crippen LogP contribution in [0.2, 0.25) is 0 Å². The summed E-state index contributed by atoms with van der Waals surface area (Å²) >= 11 is 0. The number of hydrogen-bond acceptors (Lipinski definition) is 4. The number of benzene rings is 2. The fourth-order valence-electron chi connectivity index (χ4n) is 2.98. The first kappa shape index (κ1) is 19.4. The summed E-state index contributed by atoms with van der Waals surface area (Å²) in [5.74, 6) is -2.52. The van der Waals surface area contributed by atoms with Crippen molar-refractivity contribution in [2.45, 2.75) is 25.5 Å². The van der Waals surface area contributed by atoms with Crippen LogP contribution >= 0.6 is 0 Å². The van der Waals surface area contributed by atoms with Crippen LogP contribution in [0, 0.1) is 0 Å². The van der Waals surface area contributed by atoms with Gasteiger partial charge in [0, 0.05) is 6.20 Å².